The standard InChI is InChI=1S/C12H3F25Si/c13-1(14,3(17,18)5(21,22)7(25,26)9(29,30)11(33,34)35)2(15,16)4(19,20)6(23,24)8(27,28)10(31,32)12(36,37)38/h38H3. The van der Waals surface area contributed by atoms with Crippen LogP contribution in [0.4, 0.5) is 110 Å². The van der Waals surface area contributed by atoms with Crippen molar-refractivity contribution in [1.82, 2.24) is 0 Å². The van der Waals surface area contributed by atoms with E-state index in [1.165, 1.54) is 0 Å². The molecule has 26 heteroatoms. The Labute approximate surface area is 192 Å². The van der Waals surface area contributed by atoms with Gasteiger partial charge in [-0.2, -0.15) is 101 Å². The highest BCUT2D eigenvalue weighted by Crippen LogP contribution is 2.67. The van der Waals surface area contributed by atoms with Crippen LogP contribution in [-0.4, -0.2) is 81.2 Å². The fraction of sp³-hybridized carbons (Fsp3) is 1.00. The Balaban J connectivity index is 7.29. The molecule has 0 saturated heterocycles. The molecule has 0 aliphatic rings. The van der Waals surface area contributed by atoms with Crippen LogP contribution in [0.25, 0.3) is 0 Å². The molecule has 0 unspecified atom stereocenters. The van der Waals surface area contributed by atoms with Crippen molar-refractivity contribution in [2.24, 2.45) is 0 Å². The maximum absolute atomic E-state index is 13.4. The van der Waals surface area contributed by atoms with E-state index in [1.807, 2.05) is 0 Å². The van der Waals surface area contributed by atoms with Crippen molar-refractivity contribution >= 4 is 10.2 Å². The second-order valence-electron chi connectivity index (χ2n) is 7.13. The Morgan fingerprint density at radius 2 is 0.342 bits per heavy atom. The van der Waals surface area contributed by atoms with Crippen molar-refractivity contribution in [2.75, 3.05) is 0 Å². The van der Waals surface area contributed by atoms with Gasteiger partial charge in [0.1, 0.15) is 0 Å². The van der Waals surface area contributed by atoms with Crippen LogP contribution in [0, 0.1) is 0 Å². The van der Waals surface area contributed by atoms with Gasteiger partial charge in [-0.05, 0) is 0 Å². The fourth-order valence-corrected chi connectivity index (χ4v) is 2.35. The first kappa shape index (κ1) is 36.5. The molecular formula is C12H3F25Si. The zero-order valence-electron chi connectivity index (χ0n) is 16.4. The summed E-state index contributed by atoms with van der Waals surface area (Å²) in [5.74, 6) is -90.7. The fourth-order valence-electron chi connectivity index (χ4n) is 2.03. The van der Waals surface area contributed by atoms with Gasteiger partial charge >= 0.3 is 65.4 Å². The van der Waals surface area contributed by atoms with E-state index in [9.17, 15) is 110 Å². The number of rotatable bonds is 10. The molecule has 0 aliphatic carbocycles. The average Bonchev–Trinajstić information content (AvgIpc) is 2.64. The summed E-state index contributed by atoms with van der Waals surface area (Å²) >= 11 is 0. The Hall–Kier alpha value is -1.53. The molecule has 0 amide bonds. The molecule has 0 aromatic rings. The Morgan fingerprint density at radius 1 is 0.211 bits per heavy atom. The number of hydrogen-bond donors (Lipinski definition) is 0. The van der Waals surface area contributed by atoms with Crippen LogP contribution < -0.4 is 0 Å². The Bertz CT molecular complexity index is 798. The van der Waals surface area contributed by atoms with Crippen molar-refractivity contribution in [3.8, 4) is 0 Å². The summed E-state index contributed by atoms with van der Waals surface area (Å²) in [6.07, 6.45) is -8.15. The average molecular weight is 650 g/mol. The van der Waals surface area contributed by atoms with E-state index < -0.39 is 81.2 Å². The van der Waals surface area contributed by atoms with Crippen LogP contribution in [0.3, 0.4) is 0 Å². The SMILES string of the molecule is FC(F)(F)C(F)(F)C(F)(F)C(F)(F)C(F)(F)C(F)(F)C(F)(F)C(F)(F)C(F)(F)C(F)(F)C(F)(F)C(F)(F)[SiH3]. The van der Waals surface area contributed by atoms with Gasteiger partial charge in [-0.25, -0.2) is 8.78 Å². The van der Waals surface area contributed by atoms with E-state index in [0.29, 0.717) is 0 Å². The Morgan fingerprint density at radius 3 is 0.474 bits per heavy atom. The molecule has 0 heterocycles. The van der Waals surface area contributed by atoms with Crippen LogP contribution in [0.5, 0.6) is 0 Å². The molecule has 0 rings (SSSR count). The topological polar surface area (TPSA) is 0 Å². The molecule has 0 spiro atoms. The lowest BCUT2D eigenvalue weighted by Gasteiger charge is -2.45. The summed E-state index contributed by atoms with van der Waals surface area (Å²) < 4.78 is 325. The lowest BCUT2D eigenvalue weighted by Crippen LogP contribution is -2.78. The van der Waals surface area contributed by atoms with Gasteiger partial charge in [0.25, 0.3) is 5.55 Å². The van der Waals surface area contributed by atoms with Crippen molar-refractivity contribution in [2.45, 2.75) is 70.9 Å². The van der Waals surface area contributed by atoms with Crippen LogP contribution in [0.1, 0.15) is 0 Å². The molecule has 0 fully saturated rings. The predicted octanol–water partition coefficient (Wildman–Crippen LogP) is 6.86. The maximum atomic E-state index is 13.4. The molecule has 0 saturated carbocycles. The molecule has 38 heavy (non-hydrogen) atoms. The molecule has 230 valence electrons. The summed E-state index contributed by atoms with van der Waals surface area (Å²) in [5.41, 5.74) is -6.55. The minimum absolute atomic E-state index is 2.75. The normalized spacial score (nSPS) is 17.3. The first-order chi connectivity index (χ1) is 15.8. The summed E-state index contributed by atoms with van der Waals surface area (Å²) in [7, 11) is -2.75. The van der Waals surface area contributed by atoms with Gasteiger partial charge in [-0.15, -0.1) is 0 Å². The summed E-state index contributed by atoms with van der Waals surface area (Å²) in [6, 6.07) is 0. The van der Waals surface area contributed by atoms with Gasteiger partial charge in [0.15, 0.2) is 0 Å². The van der Waals surface area contributed by atoms with E-state index >= 15 is 0 Å². The van der Waals surface area contributed by atoms with E-state index in [4.69, 9.17) is 0 Å². The predicted molar refractivity (Wildman–Crippen MR) is 70.4 cm³/mol. The van der Waals surface area contributed by atoms with Gasteiger partial charge in [0, 0.05) is 0 Å². The van der Waals surface area contributed by atoms with E-state index in [1.54, 1.807) is 0 Å². The molecule has 0 bridgehead atoms. The van der Waals surface area contributed by atoms with Crippen molar-refractivity contribution in [1.29, 1.82) is 0 Å². The molecule has 0 aromatic carbocycles. The zero-order valence-corrected chi connectivity index (χ0v) is 18.4. The van der Waals surface area contributed by atoms with Crippen LogP contribution in [-0.2, 0) is 0 Å². The second kappa shape index (κ2) is 8.49. The lowest BCUT2D eigenvalue weighted by molar-refractivity contribution is -0.480. The molecule has 0 atom stereocenters. The van der Waals surface area contributed by atoms with E-state index in [2.05, 4.69) is 0 Å². The van der Waals surface area contributed by atoms with E-state index in [0.717, 1.165) is 0 Å². The lowest BCUT2D eigenvalue weighted by atomic mass is 9.85. The largest absolute Gasteiger partial charge is 0.460 e. The molecule has 0 N–H and O–H groups in total. The van der Waals surface area contributed by atoms with Gasteiger partial charge in [0.2, 0.25) is 0 Å². The number of halogens is 25. The molecule has 0 aromatic heterocycles. The summed E-state index contributed by atoms with van der Waals surface area (Å²) in [4.78, 5) is 0. The summed E-state index contributed by atoms with van der Waals surface area (Å²) in [5, 5.41) is 0. The highest BCUT2D eigenvalue weighted by molar-refractivity contribution is 6.14. The smallest absolute Gasteiger partial charge is 0.206 e. The first-order valence-corrected chi connectivity index (χ1v) is 8.97. The quantitative estimate of drug-likeness (QED) is 0.179. The minimum Gasteiger partial charge on any atom is -0.206 e. The third kappa shape index (κ3) is 4.06. The highest BCUT2D eigenvalue weighted by atomic mass is 28.1. The monoisotopic (exact) mass is 650 g/mol. The van der Waals surface area contributed by atoms with Gasteiger partial charge in [-0.1, -0.05) is 0 Å². The van der Waals surface area contributed by atoms with Gasteiger partial charge < -0.3 is 0 Å². The van der Waals surface area contributed by atoms with E-state index in [-0.39, 0.29) is 0 Å². The van der Waals surface area contributed by atoms with Crippen LogP contribution in [0.2, 0.25) is 0 Å². The van der Waals surface area contributed by atoms with Crippen LogP contribution in [0.15, 0.2) is 0 Å². The number of alkyl halides is 25. The maximum Gasteiger partial charge on any atom is 0.460 e. The first-order valence-electron chi connectivity index (χ1n) is 7.97. The van der Waals surface area contributed by atoms with Gasteiger partial charge in [0.05, 0.1) is 10.2 Å². The molecule has 0 radical (unpaired) electrons. The van der Waals surface area contributed by atoms with Crippen LogP contribution >= 0.6 is 0 Å². The van der Waals surface area contributed by atoms with Crippen molar-refractivity contribution < 1.29 is 110 Å². The van der Waals surface area contributed by atoms with Crippen molar-refractivity contribution in [3.63, 3.8) is 0 Å². The number of hydrogen-bond acceptors (Lipinski definition) is 0. The zero-order chi connectivity index (χ0) is 32.0. The molecular weight excluding hydrogens is 647 g/mol. The summed E-state index contributed by atoms with van der Waals surface area (Å²) in [6.45, 7) is 0. The molecule has 0 aliphatic heterocycles. The molecule has 0 nitrogen and oxygen atoms in total. The third-order valence-electron chi connectivity index (χ3n) is 4.46. The second-order valence-corrected chi connectivity index (χ2v) is 8.39. The highest BCUT2D eigenvalue weighted by Gasteiger charge is 2.99. The van der Waals surface area contributed by atoms with Crippen molar-refractivity contribution in [3.05, 3.63) is 0 Å². The third-order valence-corrected chi connectivity index (χ3v) is 5.08. The minimum atomic E-state index is -9.55. The Kier molecular flexibility index (Phi) is 8.14. The van der Waals surface area contributed by atoms with Gasteiger partial charge in [-0.3, -0.25) is 0 Å².